The van der Waals surface area contributed by atoms with E-state index in [1.165, 1.54) is 37.7 Å². The van der Waals surface area contributed by atoms with Crippen molar-refractivity contribution in [2.45, 2.75) is 50.0 Å². The van der Waals surface area contributed by atoms with Crippen LogP contribution in [-0.4, -0.2) is 13.1 Å². The molecule has 1 nitrogen and oxygen atoms in total. The molecule has 1 atom stereocenters. The molecule has 1 aromatic carbocycles. The van der Waals surface area contributed by atoms with Gasteiger partial charge in [-0.1, -0.05) is 55.7 Å². The summed E-state index contributed by atoms with van der Waals surface area (Å²) in [4.78, 5) is 0. The normalized spacial score (nSPS) is 20.3. The van der Waals surface area contributed by atoms with Gasteiger partial charge in [-0.25, -0.2) is 0 Å². The van der Waals surface area contributed by atoms with E-state index in [4.69, 9.17) is 0 Å². The van der Waals surface area contributed by atoms with Crippen LogP contribution in [0.25, 0.3) is 0 Å². The largest absolute Gasteiger partial charge is 0.316 e. The minimum Gasteiger partial charge on any atom is -0.316 e. The van der Waals surface area contributed by atoms with Crippen molar-refractivity contribution in [2.24, 2.45) is 0 Å². The Bertz CT molecular complexity index is 362. The van der Waals surface area contributed by atoms with Crippen molar-refractivity contribution in [1.29, 1.82) is 0 Å². The molecule has 98 valence electrons. The number of hydrogen-bond acceptors (Lipinski definition) is 1. The fourth-order valence-corrected chi connectivity index (χ4v) is 3.58. The Morgan fingerprint density at radius 2 is 1.89 bits per heavy atom. The molecule has 1 fully saturated rings. The van der Waals surface area contributed by atoms with Gasteiger partial charge in [-0.3, -0.25) is 0 Å². The second kappa shape index (κ2) is 6.19. The van der Waals surface area contributed by atoms with Gasteiger partial charge in [-0.05, 0) is 31.9 Å². The third-order valence-electron chi connectivity index (χ3n) is 4.51. The van der Waals surface area contributed by atoms with Gasteiger partial charge in [0.05, 0.1) is 0 Å². The Morgan fingerprint density at radius 3 is 2.44 bits per heavy atom. The molecule has 2 rings (SSSR count). The van der Waals surface area contributed by atoms with Crippen molar-refractivity contribution in [2.75, 3.05) is 7.05 Å². The van der Waals surface area contributed by atoms with Gasteiger partial charge in [0.2, 0.25) is 0 Å². The summed E-state index contributed by atoms with van der Waals surface area (Å²) in [5.74, 6) is 0. The summed E-state index contributed by atoms with van der Waals surface area (Å²) in [6.45, 7) is 3.93. The number of hydrogen-bond donors (Lipinski definition) is 1. The number of likely N-dealkylation sites (N-methyl/N-ethyl adjacent to an activating group) is 1. The van der Waals surface area contributed by atoms with E-state index in [-0.39, 0.29) is 0 Å². The lowest BCUT2D eigenvalue weighted by Gasteiger charge is -2.44. The molecule has 0 heterocycles. The van der Waals surface area contributed by atoms with Crippen molar-refractivity contribution in [1.82, 2.24) is 5.32 Å². The molecule has 1 heteroatoms. The summed E-state index contributed by atoms with van der Waals surface area (Å²) in [5.41, 5.74) is 1.81. The third-order valence-corrected chi connectivity index (χ3v) is 4.51. The molecule has 0 aromatic heterocycles. The molecule has 1 aromatic rings. The van der Waals surface area contributed by atoms with E-state index in [0.717, 1.165) is 6.42 Å². The summed E-state index contributed by atoms with van der Waals surface area (Å²) in [6.07, 6.45) is 9.80. The van der Waals surface area contributed by atoms with Crippen molar-refractivity contribution < 1.29 is 0 Å². The highest BCUT2D eigenvalue weighted by atomic mass is 14.9. The number of nitrogens with one attached hydrogen (secondary N) is 1. The molecular weight excluding hydrogens is 218 g/mol. The molecule has 0 saturated heterocycles. The predicted molar refractivity (Wildman–Crippen MR) is 78.9 cm³/mol. The molecular formula is C17H25N. The van der Waals surface area contributed by atoms with Crippen molar-refractivity contribution in [3.8, 4) is 0 Å². The second-order valence-electron chi connectivity index (χ2n) is 5.45. The Balaban J connectivity index is 2.36. The quantitative estimate of drug-likeness (QED) is 0.769. The summed E-state index contributed by atoms with van der Waals surface area (Å²) in [6, 6.07) is 11.6. The second-order valence-corrected chi connectivity index (χ2v) is 5.45. The van der Waals surface area contributed by atoms with Gasteiger partial charge in [0.15, 0.2) is 0 Å². The van der Waals surface area contributed by atoms with Crippen molar-refractivity contribution >= 4 is 0 Å². The summed E-state index contributed by atoms with van der Waals surface area (Å²) >= 11 is 0. The topological polar surface area (TPSA) is 12.0 Å². The third kappa shape index (κ3) is 2.51. The first-order valence-corrected chi connectivity index (χ1v) is 7.17. The summed E-state index contributed by atoms with van der Waals surface area (Å²) in [5, 5.41) is 3.54. The molecule has 0 bridgehead atoms. The van der Waals surface area contributed by atoms with Gasteiger partial charge in [0.25, 0.3) is 0 Å². The van der Waals surface area contributed by atoms with Crippen LogP contribution < -0.4 is 5.32 Å². The molecule has 0 aliphatic heterocycles. The zero-order valence-electron chi connectivity index (χ0n) is 11.5. The lowest BCUT2D eigenvalue weighted by atomic mass is 9.64. The maximum absolute atomic E-state index is 3.93. The highest BCUT2D eigenvalue weighted by molar-refractivity contribution is 5.29. The smallest absolute Gasteiger partial charge is 0.0195 e. The molecule has 1 unspecified atom stereocenters. The highest BCUT2D eigenvalue weighted by Gasteiger charge is 2.39. The van der Waals surface area contributed by atoms with E-state index in [1.807, 2.05) is 0 Å². The molecule has 1 saturated carbocycles. The standard InChI is InChI=1S/C17H25N/c1-3-10-16(18-2)17(13-8-5-9-14-17)15-11-6-4-7-12-15/h3-4,6-7,11-12,16,18H,1,5,8-10,13-14H2,2H3. The highest BCUT2D eigenvalue weighted by Crippen LogP contribution is 2.43. The van der Waals surface area contributed by atoms with Crippen LogP contribution >= 0.6 is 0 Å². The molecule has 0 radical (unpaired) electrons. The first-order chi connectivity index (χ1) is 8.83. The van der Waals surface area contributed by atoms with E-state index in [2.05, 4.69) is 55.4 Å². The fourth-order valence-electron chi connectivity index (χ4n) is 3.58. The number of rotatable bonds is 5. The van der Waals surface area contributed by atoms with Crippen LogP contribution in [0.1, 0.15) is 44.1 Å². The fraction of sp³-hybridized carbons (Fsp3) is 0.529. The zero-order chi connectivity index (χ0) is 12.8. The molecule has 0 amide bonds. The van der Waals surface area contributed by atoms with Crippen LogP contribution in [-0.2, 0) is 5.41 Å². The van der Waals surface area contributed by atoms with Crippen LogP contribution in [0.15, 0.2) is 43.0 Å². The van der Waals surface area contributed by atoms with Crippen LogP contribution in [0.2, 0.25) is 0 Å². The average molecular weight is 243 g/mol. The van der Waals surface area contributed by atoms with Crippen LogP contribution in [0, 0.1) is 0 Å². The Labute approximate surface area is 111 Å². The van der Waals surface area contributed by atoms with E-state index >= 15 is 0 Å². The van der Waals surface area contributed by atoms with E-state index < -0.39 is 0 Å². The predicted octanol–water partition coefficient (Wildman–Crippen LogP) is 4.05. The SMILES string of the molecule is C=CCC(NC)C1(c2ccccc2)CCCCC1. The van der Waals surface area contributed by atoms with Crippen LogP contribution in [0.4, 0.5) is 0 Å². The number of benzene rings is 1. The van der Waals surface area contributed by atoms with Crippen LogP contribution in [0.3, 0.4) is 0 Å². The van der Waals surface area contributed by atoms with E-state index in [0.29, 0.717) is 11.5 Å². The molecule has 0 spiro atoms. The zero-order valence-corrected chi connectivity index (χ0v) is 11.5. The van der Waals surface area contributed by atoms with Gasteiger partial charge in [0, 0.05) is 11.5 Å². The average Bonchev–Trinajstić information content (AvgIpc) is 2.46. The minimum absolute atomic E-state index is 0.308. The minimum atomic E-state index is 0.308. The van der Waals surface area contributed by atoms with Gasteiger partial charge in [0.1, 0.15) is 0 Å². The summed E-state index contributed by atoms with van der Waals surface area (Å²) < 4.78 is 0. The van der Waals surface area contributed by atoms with Gasteiger partial charge >= 0.3 is 0 Å². The monoisotopic (exact) mass is 243 g/mol. The lowest BCUT2D eigenvalue weighted by Crippen LogP contribution is -2.48. The molecule has 1 aliphatic rings. The Kier molecular flexibility index (Phi) is 4.60. The molecule has 1 N–H and O–H groups in total. The first-order valence-electron chi connectivity index (χ1n) is 7.17. The van der Waals surface area contributed by atoms with E-state index in [9.17, 15) is 0 Å². The van der Waals surface area contributed by atoms with Crippen LogP contribution in [0.5, 0.6) is 0 Å². The van der Waals surface area contributed by atoms with Crippen molar-refractivity contribution in [3.05, 3.63) is 48.6 Å². The van der Waals surface area contributed by atoms with Crippen molar-refractivity contribution in [3.63, 3.8) is 0 Å². The first kappa shape index (κ1) is 13.4. The Morgan fingerprint density at radius 1 is 1.22 bits per heavy atom. The lowest BCUT2D eigenvalue weighted by molar-refractivity contribution is 0.220. The van der Waals surface area contributed by atoms with Gasteiger partial charge in [-0.15, -0.1) is 6.58 Å². The summed E-state index contributed by atoms with van der Waals surface area (Å²) in [7, 11) is 2.09. The Hall–Kier alpha value is -1.08. The van der Waals surface area contributed by atoms with E-state index in [1.54, 1.807) is 0 Å². The molecule has 1 aliphatic carbocycles. The van der Waals surface area contributed by atoms with Gasteiger partial charge < -0.3 is 5.32 Å². The molecule has 18 heavy (non-hydrogen) atoms. The van der Waals surface area contributed by atoms with Gasteiger partial charge in [-0.2, -0.15) is 0 Å². The maximum Gasteiger partial charge on any atom is 0.0195 e. The maximum atomic E-state index is 3.93.